The van der Waals surface area contributed by atoms with Gasteiger partial charge in [0.05, 0.1) is 0 Å². The Morgan fingerprint density at radius 1 is 1.36 bits per heavy atom. The summed E-state index contributed by atoms with van der Waals surface area (Å²) in [5.41, 5.74) is 0.650. The molecule has 0 heterocycles. The Bertz CT molecular complexity index is 126. The highest BCUT2D eigenvalue weighted by Crippen LogP contribution is 2.43. The molecule has 11 heavy (non-hydrogen) atoms. The normalized spacial score (nSPS) is 39.5. The summed E-state index contributed by atoms with van der Waals surface area (Å²) in [6.07, 6.45) is 5.82. The van der Waals surface area contributed by atoms with Crippen molar-refractivity contribution in [1.82, 2.24) is 0 Å². The van der Waals surface area contributed by atoms with Gasteiger partial charge in [0.15, 0.2) is 0 Å². The van der Waals surface area contributed by atoms with Crippen LogP contribution in [-0.4, -0.2) is 0 Å². The van der Waals surface area contributed by atoms with Crippen LogP contribution in [0.25, 0.3) is 0 Å². The lowest BCUT2D eigenvalue weighted by molar-refractivity contribution is 0.109. The van der Waals surface area contributed by atoms with E-state index in [2.05, 4.69) is 27.7 Å². The molecule has 0 spiro atoms. The first-order valence-corrected chi connectivity index (χ1v) is 5.04. The molecule has 0 heteroatoms. The van der Waals surface area contributed by atoms with Gasteiger partial charge in [-0.3, -0.25) is 0 Å². The van der Waals surface area contributed by atoms with E-state index in [1.165, 1.54) is 25.7 Å². The van der Waals surface area contributed by atoms with Gasteiger partial charge in [-0.15, -0.1) is 0 Å². The summed E-state index contributed by atoms with van der Waals surface area (Å²) < 4.78 is 0. The molecule has 0 aromatic carbocycles. The maximum absolute atomic E-state index is 2.47. The summed E-state index contributed by atoms with van der Waals surface area (Å²) in [4.78, 5) is 0. The van der Waals surface area contributed by atoms with Crippen molar-refractivity contribution in [1.29, 1.82) is 0 Å². The minimum atomic E-state index is 0.650. The number of rotatable bonds is 1. The van der Waals surface area contributed by atoms with Gasteiger partial charge >= 0.3 is 0 Å². The Labute approximate surface area is 71.4 Å². The van der Waals surface area contributed by atoms with Crippen molar-refractivity contribution in [2.45, 2.75) is 53.4 Å². The minimum Gasteiger partial charge on any atom is -0.0625 e. The molecule has 0 amide bonds. The maximum Gasteiger partial charge on any atom is -0.0300 e. The molecule has 0 aromatic rings. The molecule has 0 unspecified atom stereocenters. The average Bonchev–Trinajstić information content (AvgIpc) is 1.86. The second-order valence-corrected chi connectivity index (χ2v) is 5.01. The topological polar surface area (TPSA) is 0 Å². The van der Waals surface area contributed by atoms with E-state index < -0.39 is 0 Å². The van der Waals surface area contributed by atoms with Crippen LogP contribution in [0, 0.1) is 17.3 Å². The smallest absolute Gasteiger partial charge is 0.0300 e. The highest BCUT2D eigenvalue weighted by atomic mass is 14.4. The summed E-state index contributed by atoms with van der Waals surface area (Å²) in [5, 5.41) is 0. The zero-order valence-corrected chi connectivity index (χ0v) is 8.48. The molecule has 1 fully saturated rings. The van der Waals surface area contributed by atoms with E-state index in [1.54, 1.807) is 0 Å². The molecule has 1 aliphatic rings. The van der Waals surface area contributed by atoms with Crippen molar-refractivity contribution in [3.05, 3.63) is 0 Å². The van der Waals surface area contributed by atoms with E-state index in [4.69, 9.17) is 0 Å². The third-order valence-electron chi connectivity index (χ3n) is 3.65. The summed E-state index contributed by atoms with van der Waals surface area (Å²) in [7, 11) is 0. The van der Waals surface area contributed by atoms with E-state index in [9.17, 15) is 0 Å². The molecule has 0 aliphatic heterocycles. The lowest BCUT2D eigenvalue weighted by atomic mass is 9.65. The van der Waals surface area contributed by atoms with Crippen LogP contribution in [0.1, 0.15) is 53.4 Å². The Kier molecular flexibility index (Phi) is 2.61. The second-order valence-electron chi connectivity index (χ2n) is 5.01. The zero-order chi connectivity index (χ0) is 8.48. The van der Waals surface area contributed by atoms with Gasteiger partial charge in [-0.2, -0.15) is 0 Å². The number of hydrogen-bond acceptors (Lipinski definition) is 0. The van der Waals surface area contributed by atoms with Crippen LogP contribution < -0.4 is 0 Å². The van der Waals surface area contributed by atoms with Gasteiger partial charge in [-0.1, -0.05) is 40.5 Å². The Balaban J connectivity index is 2.55. The summed E-state index contributed by atoms with van der Waals surface area (Å²) in [6, 6.07) is 0. The van der Waals surface area contributed by atoms with Crippen molar-refractivity contribution < 1.29 is 0 Å². The van der Waals surface area contributed by atoms with Crippen LogP contribution in [0.4, 0.5) is 0 Å². The van der Waals surface area contributed by atoms with Crippen molar-refractivity contribution in [2.24, 2.45) is 17.3 Å². The SMILES string of the molecule is CC(C)[C@]1(C)CCC[C@H](C)C1. The standard InChI is InChI=1S/C11H22/c1-9(2)11(4)7-5-6-10(3)8-11/h9-10H,5-8H2,1-4H3/t10-,11+/m0/s1. The lowest BCUT2D eigenvalue weighted by Crippen LogP contribution is -2.29. The molecule has 66 valence electrons. The highest BCUT2D eigenvalue weighted by molar-refractivity contribution is 4.83. The van der Waals surface area contributed by atoms with Gasteiger partial charge in [-0.05, 0) is 30.1 Å². The third kappa shape index (κ3) is 1.98. The predicted molar refractivity (Wildman–Crippen MR) is 50.6 cm³/mol. The largest absolute Gasteiger partial charge is 0.0625 e. The van der Waals surface area contributed by atoms with Crippen molar-refractivity contribution >= 4 is 0 Å². The van der Waals surface area contributed by atoms with Gasteiger partial charge in [0.1, 0.15) is 0 Å². The van der Waals surface area contributed by atoms with Crippen molar-refractivity contribution in [3.8, 4) is 0 Å². The lowest BCUT2D eigenvalue weighted by Gasteiger charge is -2.40. The molecule has 0 N–H and O–H groups in total. The zero-order valence-electron chi connectivity index (χ0n) is 8.48. The molecule has 0 bridgehead atoms. The monoisotopic (exact) mass is 154 g/mol. The van der Waals surface area contributed by atoms with Crippen LogP contribution in [0.5, 0.6) is 0 Å². The molecule has 2 atom stereocenters. The van der Waals surface area contributed by atoms with Gasteiger partial charge in [-0.25, -0.2) is 0 Å². The summed E-state index contributed by atoms with van der Waals surface area (Å²) in [5.74, 6) is 1.83. The molecular formula is C11H22. The maximum atomic E-state index is 2.47. The molecular weight excluding hydrogens is 132 g/mol. The fraction of sp³-hybridized carbons (Fsp3) is 1.00. The average molecular weight is 154 g/mol. The van der Waals surface area contributed by atoms with E-state index in [1.807, 2.05) is 0 Å². The predicted octanol–water partition coefficient (Wildman–Crippen LogP) is 3.86. The first-order valence-electron chi connectivity index (χ1n) is 5.04. The van der Waals surface area contributed by atoms with Gasteiger partial charge in [0.2, 0.25) is 0 Å². The van der Waals surface area contributed by atoms with Crippen LogP contribution in [0.3, 0.4) is 0 Å². The van der Waals surface area contributed by atoms with Crippen LogP contribution in [0.15, 0.2) is 0 Å². The first kappa shape index (κ1) is 9.09. The molecule has 1 rings (SSSR count). The second kappa shape index (κ2) is 3.16. The van der Waals surface area contributed by atoms with E-state index in [0.29, 0.717) is 5.41 Å². The Morgan fingerprint density at radius 3 is 2.36 bits per heavy atom. The van der Waals surface area contributed by atoms with Crippen LogP contribution in [-0.2, 0) is 0 Å². The van der Waals surface area contributed by atoms with Crippen LogP contribution in [0.2, 0.25) is 0 Å². The fourth-order valence-corrected chi connectivity index (χ4v) is 2.38. The summed E-state index contributed by atoms with van der Waals surface area (Å²) >= 11 is 0. The van der Waals surface area contributed by atoms with E-state index in [0.717, 1.165) is 11.8 Å². The van der Waals surface area contributed by atoms with Crippen molar-refractivity contribution in [2.75, 3.05) is 0 Å². The molecule has 0 radical (unpaired) electrons. The third-order valence-corrected chi connectivity index (χ3v) is 3.65. The first-order chi connectivity index (χ1) is 5.04. The van der Waals surface area contributed by atoms with Crippen molar-refractivity contribution in [3.63, 3.8) is 0 Å². The molecule has 1 saturated carbocycles. The van der Waals surface area contributed by atoms with Gasteiger partial charge in [0, 0.05) is 0 Å². The molecule has 0 saturated heterocycles. The summed E-state index contributed by atoms with van der Waals surface area (Å²) in [6.45, 7) is 9.61. The highest BCUT2D eigenvalue weighted by Gasteiger charge is 2.32. The van der Waals surface area contributed by atoms with Gasteiger partial charge < -0.3 is 0 Å². The van der Waals surface area contributed by atoms with Gasteiger partial charge in [0.25, 0.3) is 0 Å². The minimum absolute atomic E-state index is 0.650. The Hall–Kier alpha value is 0. The Morgan fingerprint density at radius 2 is 2.00 bits per heavy atom. The number of hydrogen-bond donors (Lipinski definition) is 0. The van der Waals surface area contributed by atoms with E-state index >= 15 is 0 Å². The van der Waals surface area contributed by atoms with Crippen LogP contribution >= 0.6 is 0 Å². The fourth-order valence-electron chi connectivity index (χ4n) is 2.38. The molecule has 0 nitrogen and oxygen atoms in total. The molecule has 1 aliphatic carbocycles. The molecule has 0 aromatic heterocycles. The quantitative estimate of drug-likeness (QED) is 0.538. The van der Waals surface area contributed by atoms with E-state index in [-0.39, 0.29) is 0 Å².